The Balaban J connectivity index is 2.00. The van der Waals surface area contributed by atoms with E-state index < -0.39 is 34.6 Å². The Morgan fingerprint density at radius 3 is 2.31 bits per heavy atom. The lowest BCUT2D eigenvalue weighted by atomic mass is 10.2. The van der Waals surface area contributed by atoms with Crippen molar-refractivity contribution in [2.45, 2.75) is 18.7 Å². The first-order valence-corrected chi connectivity index (χ1v) is 9.49. The van der Waals surface area contributed by atoms with E-state index in [1.807, 2.05) is 0 Å². The Hall–Kier alpha value is -2.46. The Morgan fingerprint density at radius 2 is 1.81 bits per heavy atom. The first-order chi connectivity index (χ1) is 12.3. The smallest absolute Gasteiger partial charge is 0.416 e. The molecular formula is C16H20N2O7S. The van der Waals surface area contributed by atoms with Crippen molar-refractivity contribution in [3.8, 4) is 0 Å². The van der Waals surface area contributed by atoms with Crippen LogP contribution in [0.5, 0.6) is 0 Å². The molecule has 0 radical (unpaired) electrons. The summed E-state index contributed by atoms with van der Waals surface area (Å²) in [5.74, 6) is -1.47. The van der Waals surface area contributed by atoms with E-state index in [0.29, 0.717) is 13.1 Å². The van der Waals surface area contributed by atoms with Crippen molar-refractivity contribution in [1.82, 2.24) is 9.21 Å². The van der Waals surface area contributed by atoms with Gasteiger partial charge in [0.15, 0.2) is 6.61 Å². The first-order valence-electron chi connectivity index (χ1n) is 8.05. The Labute approximate surface area is 151 Å². The molecule has 26 heavy (non-hydrogen) atoms. The molecule has 1 aliphatic rings. The second-order valence-electron chi connectivity index (χ2n) is 5.35. The van der Waals surface area contributed by atoms with Gasteiger partial charge in [-0.15, -0.1) is 0 Å². The highest BCUT2D eigenvalue weighted by Crippen LogP contribution is 2.16. The van der Waals surface area contributed by atoms with Crippen LogP contribution in [0.4, 0.5) is 4.79 Å². The van der Waals surface area contributed by atoms with Gasteiger partial charge in [0.05, 0.1) is 17.0 Å². The van der Waals surface area contributed by atoms with E-state index in [1.165, 1.54) is 28.6 Å². The van der Waals surface area contributed by atoms with Crippen molar-refractivity contribution < 1.29 is 32.3 Å². The molecule has 0 bridgehead atoms. The molecule has 1 saturated heterocycles. The quantitative estimate of drug-likeness (QED) is 0.641. The number of imide groups is 1. The first kappa shape index (κ1) is 19.9. The van der Waals surface area contributed by atoms with E-state index >= 15 is 0 Å². The number of sulfonamides is 1. The molecule has 142 valence electrons. The fraction of sp³-hybridized carbons (Fsp3) is 0.438. The highest BCUT2D eigenvalue weighted by molar-refractivity contribution is 7.89. The number of nitrogens with zero attached hydrogens (tertiary/aromatic N) is 2. The van der Waals surface area contributed by atoms with Crippen molar-refractivity contribution >= 4 is 28.0 Å². The highest BCUT2D eigenvalue weighted by Gasteiger charge is 2.29. The van der Waals surface area contributed by atoms with Gasteiger partial charge in [0.1, 0.15) is 6.61 Å². The number of hydrogen-bond donors (Lipinski definition) is 0. The van der Waals surface area contributed by atoms with Crippen LogP contribution in [-0.2, 0) is 24.3 Å². The number of carbonyl (C=O) groups excluding carboxylic acids is 3. The number of hydrogen-bond acceptors (Lipinski definition) is 7. The van der Waals surface area contributed by atoms with Crippen LogP contribution in [0.2, 0.25) is 0 Å². The van der Waals surface area contributed by atoms with Crippen molar-refractivity contribution in [3.05, 3.63) is 29.8 Å². The van der Waals surface area contributed by atoms with E-state index in [0.717, 1.165) is 4.90 Å². The fourth-order valence-electron chi connectivity index (χ4n) is 2.38. The zero-order valence-electron chi connectivity index (χ0n) is 14.5. The molecule has 9 nitrogen and oxygen atoms in total. The van der Waals surface area contributed by atoms with Gasteiger partial charge in [0, 0.05) is 13.1 Å². The van der Waals surface area contributed by atoms with Gasteiger partial charge in [0.25, 0.3) is 5.91 Å². The summed E-state index contributed by atoms with van der Waals surface area (Å²) in [6.07, 6.45) is -0.767. The van der Waals surface area contributed by atoms with Gasteiger partial charge in [0.2, 0.25) is 10.0 Å². The van der Waals surface area contributed by atoms with Gasteiger partial charge >= 0.3 is 12.1 Å². The average Bonchev–Trinajstić information content (AvgIpc) is 3.06. The van der Waals surface area contributed by atoms with Crippen molar-refractivity contribution in [1.29, 1.82) is 0 Å². The Bertz CT molecular complexity index is 785. The SMILES string of the molecule is CCN(CC)S(=O)(=O)c1ccc(C(=O)OCC(=O)N2CCOC2=O)cc1. The Kier molecular flexibility index (Phi) is 6.32. The molecule has 1 aliphatic heterocycles. The predicted octanol–water partition coefficient (Wildman–Crippen LogP) is 0.853. The third-order valence-corrected chi connectivity index (χ3v) is 5.89. The third-order valence-electron chi connectivity index (χ3n) is 3.82. The van der Waals surface area contributed by atoms with Gasteiger partial charge in [-0.2, -0.15) is 4.31 Å². The van der Waals surface area contributed by atoms with Crippen LogP contribution < -0.4 is 0 Å². The highest BCUT2D eigenvalue weighted by atomic mass is 32.2. The number of rotatable bonds is 7. The summed E-state index contributed by atoms with van der Waals surface area (Å²) in [6, 6.07) is 5.24. The minimum Gasteiger partial charge on any atom is -0.452 e. The van der Waals surface area contributed by atoms with Crippen LogP contribution >= 0.6 is 0 Å². The molecule has 1 heterocycles. The molecule has 2 amide bonds. The average molecular weight is 384 g/mol. The summed E-state index contributed by atoms with van der Waals surface area (Å²) in [4.78, 5) is 35.9. The maximum Gasteiger partial charge on any atom is 0.416 e. The molecule has 1 aromatic carbocycles. The molecular weight excluding hydrogens is 364 g/mol. The van der Waals surface area contributed by atoms with E-state index in [9.17, 15) is 22.8 Å². The minimum absolute atomic E-state index is 0.0636. The number of carbonyl (C=O) groups is 3. The van der Waals surface area contributed by atoms with Crippen LogP contribution in [0, 0.1) is 0 Å². The van der Waals surface area contributed by atoms with Crippen molar-refractivity contribution in [2.24, 2.45) is 0 Å². The summed E-state index contributed by atoms with van der Waals surface area (Å²) in [5, 5.41) is 0. The molecule has 0 unspecified atom stereocenters. The molecule has 10 heteroatoms. The molecule has 0 spiro atoms. The van der Waals surface area contributed by atoms with Gasteiger partial charge in [-0.3, -0.25) is 4.79 Å². The van der Waals surface area contributed by atoms with Gasteiger partial charge < -0.3 is 9.47 Å². The van der Waals surface area contributed by atoms with E-state index in [-0.39, 0.29) is 23.6 Å². The van der Waals surface area contributed by atoms with Crippen LogP contribution in [0.25, 0.3) is 0 Å². The molecule has 0 N–H and O–H groups in total. The second-order valence-corrected chi connectivity index (χ2v) is 7.29. The van der Waals surface area contributed by atoms with E-state index in [4.69, 9.17) is 4.74 Å². The van der Waals surface area contributed by atoms with Crippen LogP contribution in [-0.4, -0.2) is 68.4 Å². The predicted molar refractivity (Wildman–Crippen MR) is 89.9 cm³/mol. The molecule has 0 aliphatic carbocycles. The number of cyclic esters (lactones) is 1. The third kappa shape index (κ3) is 4.20. The van der Waals surface area contributed by atoms with Gasteiger partial charge in [-0.05, 0) is 24.3 Å². The molecule has 0 atom stereocenters. The largest absolute Gasteiger partial charge is 0.452 e. The van der Waals surface area contributed by atoms with Crippen LogP contribution in [0.15, 0.2) is 29.2 Å². The van der Waals surface area contributed by atoms with Crippen molar-refractivity contribution in [2.75, 3.05) is 32.8 Å². The fourth-order valence-corrected chi connectivity index (χ4v) is 3.84. The maximum absolute atomic E-state index is 12.4. The number of benzene rings is 1. The topological polar surface area (TPSA) is 110 Å². The number of esters is 1. The lowest BCUT2D eigenvalue weighted by Crippen LogP contribution is -2.35. The summed E-state index contributed by atoms with van der Waals surface area (Å²) in [7, 11) is -3.62. The lowest BCUT2D eigenvalue weighted by molar-refractivity contribution is -0.131. The van der Waals surface area contributed by atoms with Crippen molar-refractivity contribution in [3.63, 3.8) is 0 Å². The maximum atomic E-state index is 12.4. The molecule has 0 saturated carbocycles. The number of amides is 2. The second kappa shape index (κ2) is 8.28. The molecule has 0 aromatic heterocycles. The molecule has 2 rings (SSSR count). The summed E-state index contributed by atoms with van der Waals surface area (Å²) < 4.78 is 35.6. The molecule has 1 fully saturated rings. The van der Waals surface area contributed by atoms with Crippen LogP contribution in [0.3, 0.4) is 0 Å². The lowest BCUT2D eigenvalue weighted by Gasteiger charge is -2.18. The summed E-state index contributed by atoms with van der Waals surface area (Å²) in [6.45, 7) is 3.77. The van der Waals surface area contributed by atoms with E-state index in [1.54, 1.807) is 13.8 Å². The van der Waals surface area contributed by atoms with Gasteiger partial charge in [-0.25, -0.2) is 22.9 Å². The number of ether oxygens (including phenoxy) is 2. The zero-order chi connectivity index (χ0) is 19.3. The van der Waals surface area contributed by atoms with Gasteiger partial charge in [-0.1, -0.05) is 13.8 Å². The normalized spacial score (nSPS) is 14.4. The monoisotopic (exact) mass is 384 g/mol. The van der Waals surface area contributed by atoms with Crippen LogP contribution in [0.1, 0.15) is 24.2 Å². The Morgan fingerprint density at radius 1 is 1.19 bits per heavy atom. The summed E-state index contributed by atoms with van der Waals surface area (Å²) >= 11 is 0. The zero-order valence-corrected chi connectivity index (χ0v) is 15.3. The standard InChI is InChI=1S/C16H20N2O7S/c1-3-17(4-2)26(22,23)13-7-5-12(6-8-13)15(20)25-11-14(19)18-9-10-24-16(18)21/h5-8H,3-4,9-11H2,1-2H3. The van der Waals surface area contributed by atoms with E-state index in [2.05, 4.69) is 4.74 Å². The molecule has 1 aromatic rings. The summed E-state index contributed by atoms with van der Waals surface area (Å²) in [5.41, 5.74) is 0.0975. The minimum atomic E-state index is -3.62.